The average molecular weight is 192 g/mol. The highest BCUT2D eigenvalue weighted by Crippen LogP contribution is 2.43. The molecule has 1 atom stereocenters. The van der Waals surface area contributed by atoms with Crippen molar-refractivity contribution in [2.24, 2.45) is 0 Å². The average Bonchev–Trinajstić information content (AvgIpc) is 2.00. The van der Waals surface area contributed by atoms with E-state index in [-0.39, 0.29) is 12.3 Å². The topological polar surface area (TPSA) is 46.5 Å². The number of hydrogen-bond donors (Lipinski definition) is 1. The van der Waals surface area contributed by atoms with Crippen LogP contribution in [0.25, 0.3) is 0 Å². The maximum atomic E-state index is 11.2. The number of rotatable bonds is 6. The van der Waals surface area contributed by atoms with Crippen LogP contribution >= 0.6 is 7.60 Å². The second-order valence-corrected chi connectivity index (χ2v) is 4.50. The van der Waals surface area contributed by atoms with Gasteiger partial charge >= 0.3 is 7.60 Å². The van der Waals surface area contributed by atoms with Gasteiger partial charge in [-0.2, -0.15) is 0 Å². The van der Waals surface area contributed by atoms with E-state index in [4.69, 9.17) is 4.52 Å². The molecule has 0 aliphatic heterocycles. The van der Waals surface area contributed by atoms with Gasteiger partial charge in [0.2, 0.25) is 0 Å². The molecule has 3 nitrogen and oxygen atoms in total. The van der Waals surface area contributed by atoms with Gasteiger partial charge in [0.25, 0.3) is 0 Å². The van der Waals surface area contributed by atoms with Crippen molar-refractivity contribution in [2.75, 3.05) is 6.16 Å². The van der Waals surface area contributed by atoms with Crippen LogP contribution in [0.1, 0.15) is 26.7 Å². The van der Waals surface area contributed by atoms with E-state index in [0.29, 0.717) is 0 Å². The van der Waals surface area contributed by atoms with Crippen LogP contribution in [-0.4, -0.2) is 17.2 Å². The van der Waals surface area contributed by atoms with Gasteiger partial charge in [-0.1, -0.05) is 19.9 Å². The van der Waals surface area contributed by atoms with Crippen molar-refractivity contribution in [1.29, 1.82) is 0 Å². The van der Waals surface area contributed by atoms with Crippen LogP contribution in [0.4, 0.5) is 0 Å². The predicted octanol–water partition coefficient (Wildman–Crippen LogP) is 2.56. The molecule has 0 aliphatic carbocycles. The molecule has 0 saturated heterocycles. The summed E-state index contributed by atoms with van der Waals surface area (Å²) < 4.78 is 16.2. The summed E-state index contributed by atoms with van der Waals surface area (Å²) in [5.41, 5.74) is 0. The quantitative estimate of drug-likeness (QED) is 0.519. The molecule has 0 aromatic rings. The normalized spacial score (nSPS) is 16.0. The van der Waals surface area contributed by atoms with Crippen LogP contribution < -0.4 is 0 Å². The molecule has 72 valence electrons. The highest BCUT2D eigenvalue weighted by atomic mass is 31.2. The van der Waals surface area contributed by atoms with Gasteiger partial charge in [-0.25, -0.2) is 0 Å². The van der Waals surface area contributed by atoms with E-state index in [1.54, 1.807) is 0 Å². The van der Waals surface area contributed by atoms with Gasteiger partial charge in [0.1, 0.15) is 0 Å². The summed E-state index contributed by atoms with van der Waals surface area (Å²) in [6, 6.07) is 0. The molecule has 0 amide bonds. The third kappa shape index (κ3) is 4.70. The van der Waals surface area contributed by atoms with Crippen LogP contribution in [0.2, 0.25) is 0 Å². The monoisotopic (exact) mass is 192 g/mol. The maximum absolute atomic E-state index is 11.2. The van der Waals surface area contributed by atoms with E-state index in [0.717, 1.165) is 12.8 Å². The highest BCUT2D eigenvalue weighted by Gasteiger charge is 2.20. The Labute approximate surface area is 74.0 Å². The molecule has 0 saturated carbocycles. The second-order valence-electron chi connectivity index (χ2n) is 2.65. The summed E-state index contributed by atoms with van der Waals surface area (Å²) in [5, 5.41) is 0. The lowest BCUT2D eigenvalue weighted by molar-refractivity contribution is 0.167. The van der Waals surface area contributed by atoms with Crippen LogP contribution in [-0.2, 0) is 9.09 Å². The first-order chi connectivity index (χ1) is 5.55. The van der Waals surface area contributed by atoms with E-state index in [1.165, 1.54) is 6.08 Å². The van der Waals surface area contributed by atoms with Crippen LogP contribution in [0.3, 0.4) is 0 Å². The maximum Gasteiger partial charge on any atom is 0.332 e. The summed E-state index contributed by atoms with van der Waals surface area (Å²) >= 11 is 0. The minimum Gasteiger partial charge on any atom is -0.324 e. The van der Waals surface area contributed by atoms with Crippen LogP contribution in [0.15, 0.2) is 12.7 Å². The number of allylic oxidation sites excluding steroid dienone is 1. The fourth-order valence-corrected chi connectivity index (χ4v) is 2.05. The highest BCUT2D eigenvalue weighted by molar-refractivity contribution is 7.53. The Hall–Kier alpha value is -0.110. The number of hydrogen-bond acceptors (Lipinski definition) is 2. The lowest BCUT2D eigenvalue weighted by Gasteiger charge is -2.17. The zero-order chi connectivity index (χ0) is 9.61. The van der Waals surface area contributed by atoms with Gasteiger partial charge < -0.3 is 9.42 Å². The van der Waals surface area contributed by atoms with Crippen LogP contribution in [0.5, 0.6) is 0 Å². The molecule has 0 spiro atoms. The largest absolute Gasteiger partial charge is 0.332 e. The van der Waals surface area contributed by atoms with Crippen molar-refractivity contribution in [3.05, 3.63) is 12.7 Å². The molecule has 0 heterocycles. The van der Waals surface area contributed by atoms with Crippen molar-refractivity contribution in [1.82, 2.24) is 0 Å². The molecule has 0 aromatic heterocycles. The lowest BCUT2D eigenvalue weighted by atomic mass is 10.2. The van der Waals surface area contributed by atoms with E-state index < -0.39 is 7.60 Å². The summed E-state index contributed by atoms with van der Waals surface area (Å²) in [4.78, 5) is 9.21. The molecule has 12 heavy (non-hydrogen) atoms. The smallest absolute Gasteiger partial charge is 0.324 e. The Balaban J connectivity index is 4.02. The van der Waals surface area contributed by atoms with E-state index >= 15 is 0 Å². The molecule has 4 heteroatoms. The standard InChI is InChI=1S/C8H17O3P/c1-4-7-12(9,10)11-8(5-2)6-3/h4,8H,1,5-7H2,2-3H3,(H,9,10). The van der Waals surface area contributed by atoms with Gasteiger partial charge in [0, 0.05) is 0 Å². The van der Waals surface area contributed by atoms with Gasteiger partial charge in [0.15, 0.2) is 0 Å². The van der Waals surface area contributed by atoms with E-state index in [9.17, 15) is 9.46 Å². The molecule has 0 aliphatic rings. The van der Waals surface area contributed by atoms with Gasteiger partial charge in [-0.15, -0.1) is 6.58 Å². The van der Waals surface area contributed by atoms with Crippen molar-refractivity contribution in [3.8, 4) is 0 Å². The van der Waals surface area contributed by atoms with Crippen LogP contribution in [0, 0.1) is 0 Å². The van der Waals surface area contributed by atoms with E-state index in [1.807, 2.05) is 13.8 Å². The minimum atomic E-state index is -3.40. The SMILES string of the molecule is C=CCP(=O)(O)OC(CC)CC. The molecule has 0 radical (unpaired) electrons. The molecular formula is C8H17O3P. The fraction of sp³-hybridized carbons (Fsp3) is 0.750. The molecule has 0 bridgehead atoms. The lowest BCUT2D eigenvalue weighted by Crippen LogP contribution is -2.09. The van der Waals surface area contributed by atoms with E-state index in [2.05, 4.69) is 6.58 Å². The Morgan fingerprint density at radius 1 is 1.58 bits per heavy atom. The van der Waals surface area contributed by atoms with Gasteiger partial charge in [-0.3, -0.25) is 4.57 Å². The molecule has 0 fully saturated rings. The Bertz CT molecular complexity index is 175. The Kier molecular flexibility index (Phi) is 5.47. The summed E-state index contributed by atoms with van der Waals surface area (Å²) in [7, 11) is -3.40. The summed E-state index contributed by atoms with van der Waals surface area (Å²) in [5.74, 6) is 0. The van der Waals surface area contributed by atoms with Crippen molar-refractivity contribution in [2.45, 2.75) is 32.8 Å². The fourth-order valence-electron chi connectivity index (χ4n) is 0.877. The third-order valence-electron chi connectivity index (χ3n) is 1.58. The molecule has 0 aromatic carbocycles. The molecular weight excluding hydrogens is 175 g/mol. The van der Waals surface area contributed by atoms with Crippen molar-refractivity contribution in [3.63, 3.8) is 0 Å². The Morgan fingerprint density at radius 3 is 2.42 bits per heavy atom. The van der Waals surface area contributed by atoms with Gasteiger partial charge in [0.05, 0.1) is 12.3 Å². The van der Waals surface area contributed by atoms with Gasteiger partial charge in [-0.05, 0) is 12.8 Å². The summed E-state index contributed by atoms with van der Waals surface area (Å²) in [6.07, 6.45) is 2.85. The molecule has 1 unspecified atom stereocenters. The molecule has 1 N–H and O–H groups in total. The third-order valence-corrected chi connectivity index (χ3v) is 2.93. The van der Waals surface area contributed by atoms with Crippen molar-refractivity contribution < 1.29 is 14.0 Å². The summed E-state index contributed by atoms with van der Waals surface area (Å²) in [6.45, 7) is 7.26. The molecule has 0 rings (SSSR count). The first-order valence-corrected chi connectivity index (χ1v) is 5.93. The minimum absolute atomic E-state index is 0.0313. The first kappa shape index (κ1) is 11.9. The Morgan fingerprint density at radius 2 is 2.08 bits per heavy atom. The van der Waals surface area contributed by atoms with Crippen molar-refractivity contribution >= 4 is 7.60 Å². The zero-order valence-electron chi connectivity index (χ0n) is 7.69. The first-order valence-electron chi connectivity index (χ1n) is 4.16. The predicted molar refractivity (Wildman–Crippen MR) is 50.3 cm³/mol. The zero-order valence-corrected chi connectivity index (χ0v) is 8.59. The second kappa shape index (κ2) is 5.52.